The minimum Gasteiger partial charge on any atom is -0.315 e. The Morgan fingerprint density at radius 2 is 1.48 bits per heavy atom. The molecule has 126 valence electrons. The van der Waals surface area contributed by atoms with Crippen molar-refractivity contribution in [2.45, 2.75) is 65.1 Å². The number of rotatable bonds is 4. The molecule has 0 aliphatic carbocycles. The van der Waals surface area contributed by atoms with Gasteiger partial charge in [0.1, 0.15) is 8.07 Å². The van der Waals surface area contributed by atoms with E-state index in [1.165, 1.54) is 0 Å². The molecule has 0 saturated carbocycles. The number of anilines is 1. The molecular formula is C20H31NOSi. The molecule has 0 spiro atoms. The van der Waals surface area contributed by atoms with Gasteiger partial charge in [-0.2, -0.15) is 0 Å². The van der Waals surface area contributed by atoms with Crippen LogP contribution in [0.3, 0.4) is 0 Å². The monoisotopic (exact) mass is 329 g/mol. The van der Waals surface area contributed by atoms with Gasteiger partial charge in [0.25, 0.3) is 0 Å². The van der Waals surface area contributed by atoms with E-state index in [0.717, 1.165) is 11.3 Å². The first-order valence-electron chi connectivity index (χ1n) is 8.51. The fourth-order valence-corrected chi connectivity index (χ4v) is 8.87. The molecule has 0 heterocycles. The van der Waals surface area contributed by atoms with Gasteiger partial charge in [-0.3, -0.25) is 4.79 Å². The van der Waals surface area contributed by atoms with Crippen LogP contribution >= 0.6 is 0 Å². The van der Waals surface area contributed by atoms with E-state index in [2.05, 4.69) is 53.0 Å². The van der Waals surface area contributed by atoms with Crippen LogP contribution in [-0.2, 0) is 4.79 Å². The maximum atomic E-state index is 11.7. The molecule has 0 aromatic heterocycles. The van der Waals surface area contributed by atoms with Crippen molar-refractivity contribution in [3.63, 3.8) is 0 Å². The number of nitrogens with zero attached hydrogens (tertiary/aromatic N) is 1. The lowest BCUT2D eigenvalue weighted by atomic mass is 10.1. The van der Waals surface area contributed by atoms with Gasteiger partial charge >= 0.3 is 0 Å². The quantitative estimate of drug-likeness (QED) is 0.546. The molecule has 1 aromatic rings. The van der Waals surface area contributed by atoms with Crippen LogP contribution in [-0.4, -0.2) is 21.0 Å². The first-order chi connectivity index (χ1) is 10.6. The van der Waals surface area contributed by atoms with Gasteiger partial charge in [0.2, 0.25) is 5.91 Å². The average Bonchev–Trinajstić information content (AvgIpc) is 2.46. The Morgan fingerprint density at radius 3 is 1.91 bits per heavy atom. The van der Waals surface area contributed by atoms with Crippen LogP contribution in [0.25, 0.3) is 0 Å². The fourth-order valence-electron chi connectivity index (χ4n) is 3.65. The Bertz CT molecular complexity index is 586. The summed E-state index contributed by atoms with van der Waals surface area (Å²) in [6.07, 6.45) is 0. The Labute approximate surface area is 143 Å². The first kappa shape index (κ1) is 19.5. The maximum absolute atomic E-state index is 11.7. The highest BCUT2D eigenvalue weighted by Crippen LogP contribution is 2.40. The summed E-state index contributed by atoms with van der Waals surface area (Å²) in [7, 11) is 0.0466. The van der Waals surface area contributed by atoms with Crippen molar-refractivity contribution in [3.05, 3.63) is 29.8 Å². The Balaban J connectivity index is 3.42. The van der Waals surface area contributed by atoms with Crippen LogP contribution in [0.4, 0.5) is 5.69 Å². The van der Waals surface area contributed by atoms with Gasteiger partial charge in [-0.25, -0.2) is 0 Å². The second-order valence-corrected chi connectivity index (χ2v) is 12.8. The lowest BCUT2D eigenvalue weighted by molar-refractivity contribution is -0.116. The summed E-state index contributed by atoms with van der Waals surface area (Å²) >= 11 is 0. The molecule has 3 heteroatoms. The number of carbonyl (C=O) groups is 1. The van der Waals surface area contributed by atoms with Gasteiger partial charge in [0.15, 0.2) is 0 Å². The molecule has 0 atom stereocenters. The summed E-state index contributed by atoms with van der Waals surface area (Å²) < 4.78 is 0. The molecule has 0 aliphatic rings. The summed E-state index contributed by atoms with van der Waals surface area (Å²) in [5.74, 6) is 3.48. The van der Waals surface area contributed by atoms with E-state index in [0.29, 0.717) is 16.6 Å². The fraction of sp³-hybridized carbons (Fsp3) is 0.550. The highest BCUT2D eigenvalue weighted by atomic mass is 28.3. The smallest absolute Gasteiger partial charge is 0.223 e. The van der Waals surface area contributed by atoms with Gasteiger partial charge < -0.3 is 4.90 Å². The Morgan fingerprint density at radius 1 is 1.00 bits per heavy atom. The Kier molecular flexibility index (Phi) is 6.65. The van der Waals surface area contributed by atoms with E-state index in [4.69, 9.17) is 0 Å². The van der Waals surface area contributed by atoms with Gasteiger partial charge in [0.05, 0.1) is 5.69 Å². The van der Waals surface area contributed by atoms with E-state index in [-0.39, 0.29) is 5.91 Å². The topological polar surface area (TPSA) is 20.3 Å². The average molecular weight is 330 g/mol. The summed E-state index contributed by atoms with van der Waals surface area (Å²) in [5.41, 5.74) is 7.39. The highest BCUT2D eigenvalue weighted by Gasteiger charge is 2.41. The van der Waals surface area contributed by atoms with E-state index in [1.54, 1.807) is 18.9 Å². The molecular weight excluding hydrogens is 298 g/mol. The zero-order valence-corrected chi connectivity index (χ0v) is 16.9. The first-order valence-corrected chi connectivity index (χ1v) is 10.7. The van der Waals surface area contributed by atoms with E-state index in [1.807, 2.05) is 24.3 Å². The number of benzene rings is 1. The minimum atomic E-state index is -1.76. The van der Waals surface area contributed by atoms with Crippen molar-refractivity contribution in [2.24, 2.45) is 0 Å². The summed E-state index contributed by atoms with van der Waals surface area (Å²) in [6, 6.07) is 7.93. The van der Waals surface area contributed by atoms with Crippen LogP contribution in [0.15, 0.2) is 24.3 Å². The normalized spacial score (nSPS) is 11.6. The van der Waals surface area contributed by atoms with Crippen molar-refractivity contribution in [3.8, 4) is 11.5 Å². The summed E-state index contributed by atoms with van der Waals surface area (Å²) in [4.78, 5) is 13.4. The van der Waals surface area contributed by atoms with E-state index in [9.17, 15) is 4.79 Å². The van der Waals surface area contributed by atoms with Crippen molar-refractivity contribution >= 4 is 19.7 Å². The molecule has 0 saturated heterocycles. The predicted octanol–water partition coefficient (Wildman–Crippen LogP) is 5.24. The molecule has 2 nitrogen and oxygen atoms in total. The van der Waals surface area contributed by atoms with Crippen LogP contribution in [0.1, 0.15) is 54.0 Å². The van der Waals surface area contributed by atoms with Crippen LogP contribution in [0.2, 0.25) is 16.6 Å². The highest BCUT2D eigenvalue weighted by molar-refractivity contribution is 6.90. The van der Waals surface area contributed by atoms with Gasteiger partial charge in [-0.15, -0.1) is 5.54 Å². The number of amides is 1. The number of hydrogen-bond donors (Lipinski definition) is 0. The molecule has 1 aromatic carbocycles. The van der Waals surface area contributed by atoms with Crippen molar-refractivity contribution in [2.75, 3.05) is 11.9 Å². The van der Waals surface area contributed by atoms with E-state index >= 15 is 0 Å². The molecule has 0 radical (unpaired) electrons. The van der Waals surface area contributed by atoms with Crippen molar-refractivity contribution < 1.29 is 4.79 Å². The lowest BCUT2D eigenvalue weighted by Gasteiger charge is -2.38. The second kappa shape index (κ2) is 7.83. The van der Waals surface area contributed by atoms with Crippen LogP contribution in [0, 0.1) is 11.5 Å². The van der Waals surface area contributed by atoms with E-state index < -0.39 is 8.07 Å². The third kappa shape index (κ3) is 4.06. The largest absolute Gasteiger partial charge is 0.315 e. The molecule has 1 amide bonds. The lowest BCUT2D eigenvalue weighted by Crippen LogP contribution is -2.43. The zero-order chi connectivity index (χ0) is 17.8. The zero-order valence-electron chi connectivity index (χ0n) is 15.9. The van der Waals surface area contributed by atoms with Gasteiger partial charge in [-0.05, 0) is 28.8 Å². The maximum Gasteiger partial charge on any atom is 0.223 e. The molecule has 0 unspecified atom stereocenters. The third-order valence-corrected chi connectivity index (χ3v) is 11.3. The molecule has 0 fully saturated rings. The number of hydrogen-bond acceptors (Lipinski definition) is 1. The minimum absolute atomic E-state index is 0.0272. The molecule has 0 bridgehead atoms. The molecule has 0 aliphatic heterocycles. The number of para-hydroxylation sites is 1. The Hall–Kier alpha value is -1.53. The number of carbonyl (C=O) groups excluding carboxylic acids is 1. The van der Waals surface area contributed by atoms with Crippen molar-refractivity contribution in [1.29, 1.82) is 0 Å². The summed E-state index contributed by atoms with van der Waals surface area (Å²) in [5, 5.41) is 0. The molecule has 1 rings (SSSR count). The summed E-state index contributed by atoms with van der Waals surface area (Å²) in [6.45, 7) is 15.5. The second-order valence-electron chi connectivity index (χ2n) is 7.24. The SMILES string of the molecule is CC(=O)N(C)c1ccccc1C#C[Si](C(C)C)(C(C)C)C(C)C. The standard InChI is InChI=1S/C20H31NOSi/c1-15(2)23(16(3)4,17(5)6)14-13-19-11-9-10-12-20(19)21(8)18(7)22/h9-12,15-17H,1-8H3. The predicted molar refractivity (Wildman–Crippen MR) is 103 cm³/mol. The molecule has 23 heavy (non-hydrogen) atoms. The van der Waals surface area contributed by atoms with Crippen molar-refractivity contribution in [1.82, 2.24) is 0 Å². The van der Waals surface area contributed by atoms with Crippen LogP contribution in [0.5, 0.6) is 0 Å². The van der Waals surface area contributed by atoms with Gasteiger partial charge in [0, 0.05) is 19.5 Å². The third-order valence-electron chi connectivity index (χ3n) is 5.02. The molecule has 0 N–H and O–H groups in total. The van der Waals surface area contributed by atoms with Crippen LogP contribution < -0.4 is 4.90 Å². The van der Waals surface area contributed by atoms with Gasteiger partial charge in [-0.1, -0.05) is 59.6 Å².